The highest BCUT2D eigenvalue weighted by Gasteiger charge is 2.47. The van der Waals surface area contributed by atoms with Crippen molar-refractivity contribution in [2.24, 2.45) is 5.92 Å². The largest absolute Gasteiger partial charge is 0.453 e. The number of ether oxygens (including phenoxy) is 1. The zero-order chi connectivity index (χ0) is 12.6. The van der Waals surface area contributed by atoms with Gasteiger partial charge in [0.05, 0.1) is 12.6 Å². The van der Waals surface area contributed by atoms with Crippen LogP contribution in [0, 0.1) is 5.92 Å². The first kappa shape index (κ1) is 11.3. The fourth-order valence-electron chi connectivity index (χ4n) is 3.34. The van der Waals surface area contributed by atoms with Gasteiger partial charge < -0.3 is 10.1 Å². The molecule has 2 aliphatic carbocycles. The quantitative estimate of drug-likeness (QED) is 0.770. The van der Waals surface area contributed by atoms with Crippen LogP contribution in [0.2, 0.25) is 0 Å². The summed E-state index contributed by atoms with van der Waals surface area (Å²) >= 11 is 0. The third-order valence-corrected chi connectivity index (χ3v) is 4.20. The molecule has 3 nitrogen and oxygen atoms in total. The minimum atomic E-state index is -0.341. The van der Waals surface area contributed by atoms with Crippen LogP contribution >= 0.6 is 0 Å². The van der Waals surface area contributed by atoms with Gasteiger partial charge in [-0.2, -0.15) is 0 Å². The summed E-state index contributed by atoms with van der Waals surface area (Å²) in [4.78, 5) is 11.7. The predicted octanol–water partition coefficient (Wildman–Crippen LogP) is 2.76. The Kier molecular flexibility index (Phi) is 2.62. The topological polar surface area (TPSA) is 38.3 Å². The Morgan fingerprint density at radius 3 is 3.06 bits per heavy atom. The molecule has 2 unspecified atom stereocenters. The maximum absolute atomic E-state index is 11.7. The Morgan fingerprint density at radius 2 is 2.22 bits per heavy atom. The molecule has 1 N–H and O–H groups in total. The second-order valence-corrected chi connectivity index (χ2v) is 5.06. The summed E-state index contributed by atoms with van der Waals surface area (Å²) in [5.41, 5.74) is 2.34. The molecule has 2 atom stereocenters. The number of fused-ring (bicyclic) bond motifs is 3. The molecule has 0 radical (unpaired) electrons. The van der Waals surface area contributed by atoms with Gasteiger partial charge in [-0.25, -0.2) is 4.79 Å². The van der Waals surface area contributed by atoms with Crippen molar-refractivity contribution in [2.45, 2.75) is 24.8 Å². The number of hydrogen-bond acceptors (Lipinski definition) is 2. The first-order chi connectivity index (χ1) is 8.76. The molecule has 0 saturated carbocycles. The van der Waals surface area contributed by atoms with E-state index in [2.05, 4.69) is 35.7 Å². The first-order valence-electron chi connectivity index (χ1n) is 6.36. The summed E-state index contributed by atoms with van der Waals surface area (Å²) in [6.07, 6.45) is 6.93. The van der Waals surface area contributed by atoms with E-state index in [0.29, 0.717) is 5.92 Å². The summed E-state index contributed by atoms with van der Waals surface area (Å²) in [6.45, 7) is 0. The summed E-state index contributed by atoms with van der Waals surface area (Å²) in [5, 5.41) is 3.09. The van der Waals surface area contributed by atoms with E-state index in [1.807, 2.05) is 6.07 Å². The molecule has 1 aromatic rings. The molecule has 0 heterocycles. The Labute approximate surface area is 107 Å². The van der Waals surface area contributed by atoms with Crippen molar-refractivity contribution in [2.75, 3.05) is 7.11 Å². The molecule has 0 spiro atoms. The summed E-state index contributed by atoms with van der Waals surface area (Å²) in [5.74, 6) is 0.444. The fourth-order valence-corrected chi connectivity index (χ4v) is 3.34. The van der Waals surface area contributed by atoms with E-state index in [4.69, 9.17) is 4.74 Å². The van der Waals surface area contributed by atoms with Crippen molar-refractivity contribution in [3.63, 3.8) is 0 Å². The molecule has 1 aromatic carbocycles. The molecule has 3 heteroatoms. The van der Waals surface area contributed by atoms with Gasteiger partial charge in [0.15, 0.2) is 0 Å². The summed E-state index contributed by atoms with van der Waals surface area (Å²) < 4.78 is 4.80. The molecule has 0 aromatic heterocycles. The van der Waals surface area contributed by atoms with Crippen LogP contribution < -0.4 is 5.32 Å². The molecule has 0 saturated heterocycles. The van der Waals surface area contributed by atoms with Gasteiger partial charge in [0.2, 0.25) is 0 Å². The minimum absolute atomic E-state index is 0.265. The SMILES string of the molecule is COC(=O)NC12CC=CCC1Cc1ccccc12. The van der Waals surface area contributed by atoms with Crippen LogP contribution in [0.25, 0.3) is 0 Å². The Morgan fingerprint density at radius 1 is 1.39 bits per heavy atom. The van der Waals surface area contributed by atoms with Crippen molar-refractivity contribution in [1.29, 1.82) is 0 Å². The zero-order valence-corrected chi connectivity index (χ0v) is 10.5. The van der Waals surface area contributed by atoms with Gasteiger partial charge >= 0.3 is 6.09 Å². The number of carbonyl (C=O) groups excluding carboxylic acids is 1. The predicted molar refractivity (Wildman–Crippen MR) is 69.2 cm³/mol. The minimum Gasteiger partial charge on any atom is -0.453 e. The van der Waals surface area contributed by atoms with Crippen LogP contribution in [0.4, 0.5) is 4.79 Å². The van der Waals surface area contributed by atoms with Crippen LogP contribution in [0.1, 0.15) is 24.0 Å². The van der Waals surface area contributed by atoms with Gasteiger partial charge in [-0.1, -0.05) is 36.4 Å². The highest BCUT2D eigenvalue weighted by molar-refractivity contribution is 5.69. The van der Waals surface area contributed by atoms with Crippen molar-refractivity contribution < 1.29 is 9.53 Å². The van der Waals surface area contributed by atoms with E-state index >= 15 is 0 Å². The van der Waals surface area contributed by atoms with Gasteiger partial charge in [0.1, 0.15) is 0 Å². The van der Waals surface area contributed by atoms with Gasteiger partial charge in [-0.15, -0.1) is 0 Å². The summed E-state index contributed by atoms with van der Waals surface area (Å²) in [7, 11) is 1.42. The van der Waals surface area contributed by atoms with Crippen LogP contribution in [-0.2, 0) is 16.7 Å². The van der Waals surface area contributed by atoms with E-state index in [1.165, 1.54) is 18.2 Å². The van der Waals surface area contributed by atoms with E-state index in [0.717, 1.165) is 19.3 Å². The molecule has 0 fully saturated rings. The number of benzene rings is 1. The molecule has 1 amide bonds. The van der Waals surface area contributed by atoms with E-state index in [9.17, 15) is 4.79 Å². The number of methoxy groups -OCH3 is 1. The standard InChI is InChI=1S/C15H17NO2/c1-18-14(17)16-15-9-5-4-7-12(15)10-11-6-2-3-8-13(11)15/h2-6,8,12H,7,9-10H2,1H3,(H,16,17). The highest BCUT2D eigenvalue weighted by Crippen LogP contribution is 2.47. The molecular weight excluding hydrogens is 226 g/mol. The van der Waals surface area contributed by atoms with Gasteiger partial charge in [-0.05, 0) is 36.3 Å². The molecular formula is C15H17NO2. The average molecular weight is 243 g/mol. The maximum atomic E-state index is 11.7. The maximum Gasteiger partial charge on any atom is 0.407 e. The first-order valence-corrected chi connectivity index (χ1v) is 6.36. The molecule has 18 heavy (non-hydrogen) atoms. The van der Waals surface area contributed by atoms with Crippen molar-refractivity contribution >= 4 is 6.09 Å². The zero-order valence-electron chi connectivity index (χ0n) is 10.5. The molecule has 0 aliphatic heterocycles. The van der Waals surface area contributed by atoms with Crippen LogP contribution in [0.3, 0.4) is 0 Å². The molecule has 94 valence electrons. The average Bonchev–Trinajstić information content (AvgIpc) is 2.73. The third-order valence-electron chi connectivity index (χ3n) is 4.20. The van der Waals surface area contributed by atoms with Crippen LogP contribution in [0.5, 0.6) is 0 Å². The van der Waals surface area contributed by atoms with Crippen molar-refractivity contribution in [3.05, 3.63) is 47.5 Å². The highest BCUT2D eigenvalue weighted by atomic mass is 16.5. The second-order valence-electron chi connectivity index (χ2n) is 5.06. The Balaban J connectivity index is 2.05. The second kappa shape index (κ2) is 4.16. The van der Waals surface area contributed by atoms with Crippen LogP contribution in [-0.4, -0.2) is 13.2 Å². The lowest BCUT2D eigenvalue weighted by molar-refractivity contribution is 0.139. The number of allylic oxidation sites excluding steroid dienone is 1. The molecule has 3 rings (SSSR count). The van der Waals surface area contributed by atoms with Gasteiger partial charge in [-0.3, -0.25) is 0 Å². The lowest BCUT2D eigenvalue weighted by atomic mass is 9.76. The van der Waals surface area contributed by atoms with Gasteiger partial charge in [0, 0.05) is 0 Å². The lowest BCUT2D eigenvalue weighted by Gasteiger charge is -2.38. The van der Waals surface area contributed by atoms with E-state index in [-0.39, 0.29) is 11.6 Å². The lowest BCUT2D eigenvalue weighted by Crippen LogP contribution is -2.49. The van der Waals surface area contributed by atoms with Crippen molar-refractivity contribution in [1.82, 2.24) is 5.32 Å². The number of carbonyl (C=O) groups is 1. The van der Waals surface area contributed by atoms with Crippen LogP contribution in [0.15, 0.2) is 36.4 Å². The van der Waals surface area contributed by atoms with E-state index < -0.39 is 0 Å². The number of rotatable bonds is 1. The molecule has 0 bridgehead atoms. The molecule has 2 aliphatic rings. The monoisotopic (exact) mass is 243 g/mol. The number of hydrogen-bond donors (Lipinski definition) is 1. The fraction of sp³-hybridized carbons (Fsp3) is 0.400. The number of amides is 1. The van der Waals surface area contributed by atoms with E-state index in [1.54, 1.807) is 0 Å². The summed E-state index contributed by atoms with van der Waals surface area (Å²) in [6, 6.07) is 8.40. The Hall–Kier alpha value is -1.77. The normalized spacial score (nSPS) is 28.4. The third kappa shape index (κ3) is 1.54. The number of nitrogens with one attached hydrogen (secondary N) is 1. The van der Waals surface area contributed by atoms with Crippen molar-refractivity contribution in [3.8, 4) is 0 Å². The Bertz CT molecular complexity index is 509. The smallest absolute Gasteiger partial charge is 0.407 e. The number of alkyl carbamates (subject to hydrolysis) is 1. The van der Waals surface area contributed by atoms with Gasteiger partial charge in [0.25, 0.3) is 0 Å².